The van der Waals surface area contributed by atoms with Crippen LogP contribution in [0.15, 0.2) is 0 Å². The summed E-state index contributed by atoms with van der Waals surface area (Å²) in [5, 5.41) is 9.08. The van der Waals surface area contributed by atoms with Crippen LogP contribution in [0.5, 0.6) is 0 Å². The number of likely N-dealkylation sites (N-methyl/N-ethyl adjacent to an activating group) is 1. The maximum Gasteiger partial charge on any atom is 0.0638 e. The Morgan fingerprint density at radius 1 is 1.17 bits per heavy atom. The monoisotopic (exact) mass is 174 g/mol. The van der Waals surface area contributed by atoms with E-state index in [9.17, 15) is 0 Å². The first-order chi connectivity index (χ1) is 5.52. The number of rotatable bonds is 6. The summed E-state index contributed by atoms with van der Waals surface area (Å²) in [4.78, 5) is 4.34. The zero-order valence-corrected chi connectivity index (χ0v) is 8.75. The lowest BCUT2D eigenvalue weighted by Gasteiger charge is -2.19. The van der Waals surface area contributed by atoms with Gasteiger partial charge in [0, 0.05) is 6.54 Å². The summed E-state index contributed by atoms with van der Waals surface area (Å²) < 4.78 is 0. The van der Waals surface area contributed by atoms with Crippen molar-refractivity contribution < 1.29 is 5.11 Å². The maximum atomic E-state index is 9.08. The highest BCUT2D eigenvalue weighted by Crippen LogP contribution is 1.91. The molecule has 12 heavy (non-hydrogen) atoms. The van der Waals surface area contributed by atoms with Gasteiger partial charge < -0.3 is 14.9 Å². The van der Waals surface area contributed by atoms with Crippen molar-refractivity contribution in [2.24, 2.45) is 0 Å². The van der Waals surface area contributed by atoms with Crippen LogP contribution in [0.4, 0.5) is 0 Å². The molecule has 0 saturated carbocycles. The van der Waals surface area contributed by atoms with Crippen LogP contribution >= 0.6 is 0 Å². The van der Waals surface area contributed by atoms with Gasteiger partial charge in [-0.25, -0.2) is 0 Å². The predicted octanol–water partition coefficient (Wildman–Crippen LogP) is 0.251. The molecule has 0 aliphatic heterocycles. The van der Waals surface area contributed by atoms with E-state index >= 15 is 0 Å². The van der Waals surface area contributed by atoms with Gasteiger partial charge in [0.15, 0.2) is 0 Å². The third kappa shape index (κ3) is 7.98. The van der Waals surface area contributed by atoms with Crippen LogP contribution < -0.4 is 0 Å². The molecule has 0 aromatic carbocycles. The number of nitrogens with zero attached hydrogens (tertiary/aromatic N) is 2. The van der Waals surface area contributed by atoms with Crippen LogP contribution in [0.25, 0.3) is 0 Å². The van der Waals surface area contributed by atoms with Crippen LogP contribution in [0.3, 0.4) is 0 Å². The molecule has 0 fully saturated rings. The Hall–Kier alpha value is -0.120. The fourth-order valence-corrected chi connectivity index (χ4v) is 1.20. The molecule has 0 aromatic heterocycles. The molecule has 0 amide bonds. The number of hydrogen-bond acceptors (Lipinski definition) is 3. The van der Waals surface area contributed by atoms with E-state index in [1.807, 2.05) is 14.0 Å². The van der Waals surface area contributed by atoms with Crippen LogP contribution in [-0.2, 0) is 0 Å². The molecule has 74 valence electrons. The lowest BCUT2D eigenvalue weighted by molar-refractivity contribution is 0.139. The van der Waals surface area contributed by atoms with Crippen molar-refractivity contribution in [2.45, 2.75) is 19.4 Å². The minimum absolute atomic E-state index is 0.214. The molecule has 1 N–H and O–H groups in total. The minimum atomic E-state index is -0.214. The molecule has 1 atom stereocenters. The van der Waals surface area contributed by atoms with Gasteiger partial charge in [0.05, 0.1) is 6.10 Å². The van der Waals surface area contributed by atoms with E-state index in [1.54, 1.807) is 0 Å². The fourth-order valence-electron chi connectivity index (χ4n) is 1.20. The van der Waals surface area contributed by atoms with E-state index in [-0.39, 0.29) is 6.10 Å². The second-order valence-corrected chi connectivity index (χ2v) is 3.77. The van der Waals surface area contributed by atoms with Gasteiger partial charge in [0.25, 0.3) is 0 Å². The third-order valence-electron chi connectivity index (χ3n) is 1.72. The van der Waals surface area contributed by atoms with Crippen molar-refractivity contribution in [1.29, 1.82) is 0 Å². The van der Waals surface area contributed by atoms with Crippen molar-refractivity contribution in [3.8, 4) is 0 Å². The second-order valence-electron chi connectivity index (χ2n) is 3.77. The average Bonchev–Trinajstić information content (AvgIpc) is 1.84. The van der Waals surface area contributed by atoms with E-state index in [0.29, 0.717) is 0 Å². The molecule has 3 heteroatoms. The molecular weight excluding hydrogens is 152 g/mol. The SMILES string of the molecule is C[C@@H](O)CN(C)CCCN(C)C. The van der Waals surface area contributed by atoms with Crippen LogP contribution in [0, 0.1) is 0 Å². The van der Waals surface area contributed by atoms with Crippen molar-refractivity contribution in [3.63, 3.8) is 0 Å². The normalized spacial score (nSPS) is 14.2. The molecule has 0 aliphatic carbocycles. The van der Waals surface area contributed by atoms with Gasteiger partial charge in [-0.2, -0.15) is 0 Å². The number of hydrogen-bond donors (Lipinski definition) is 1. The van der Waals surface area contributed by atoms with Gasteiger partial charge in [-0.05, 0) is 47.6 Å². The molecule has 0 radical (unpaired) electrons. The Morgan fingerprint density at radius 3 is 2.17 bits per heavy atom. The van der Waals surface area contributed by atoms with E-state index < -0.39 is 0 Å². The molecule has 3 nitrogen and oxygen atoms in total. The Morgan fingerprint density at radius 2 is 1.75 bits per heavy atom. The predicted molar refractivity (Wildman–Crippen MR) is 52.3 cm³/mol. The largest absolute Gasteiger partial charge is 0.392 e. The summed E-state index contributed by atoms with van der Waals surface area (Å²) in [6.07, 6.45) is 0.949. The zero-order valence-electron chi connectivity index (χ0n) is 8.75. The highest BCUT2D eigenvalue weighted by atomic mass is 16.3. The minimum Gasteiger partial charge on any atom is -0.392 e. The quantitative estimate of drug-likeness (QED) is 0.625. The molecule has 0 bridgehead atoms. The van der Waals surface area contributed by atoms with Gasteiger partial charge in [-0.1, -0.05) is 0 Å². The van der Waals surface area contributed by atoms with E-state index in [2.05, 4.69) is 23.9 Å². The number of aliphatic hydroxyl groups is 1. The highest BCUT2D eigenvalue weighted by Gasteiger charge is 2.01. The Balaban J connectivity index is 3.25. The first kappa shape index (κ1) is 11.9. The molecule has 0 aliphatic rings. The van der Waals surface area contributed by atoms with Crippen molar-refractivity contribution in [3.05, 3.63) is 0 Å². The summed E-state index contributed by atoms with van der Waals surface area (Å²) in [5.74, 6) is 0. The van der Waals surface area contributed by atoms with E-state index in [1.165, 1.54) is 0 Å². The van der Waals surface area contributed by atoms with Gasteiger partial charge in [0.2, 0.25) is 0 Å². The molecule has 0 heterocycles. The maximum absolute atomic E-state index is 9.08. The average molecular weight is 174 g/mol. The molecule has 0 rings (SSSR count). The summed E-state index contributed by atoms with van der Waals surface area (Å²) in [6, 6.07) is 0. The van der Waals surface area contributed by atoms with E-state index in [0.717, 1.165) is 26.1 Å². The standard InChI is InChI=1S/C9H22N2O/c1-9(12)8-11(4)7-5-6-10(2)3/h9,12H,5-8H2,1-4H3/t9-/m1/s1. The topological polar surface area (TPSA) is 26.7 Å². The highest BCUT2D eigenvalue weighted by molar-refractivity contribution is 4.57. The van der Waals surface area contributed by atoms with Crippen LogP contribution in [0.2, 0.25) is 0 Å². The summed E-state index contributed by atoms with van der Waals surface area (Å²) in [7, 11) is 6.20. The van der Waals surface area contributed by atoms with Crippen LogP contribution in [0.1, 0.15) is 13.3 Å². The summed E-state index contributed by atoms with van der Waals surface area (Å²) in [5.41, 5.74) is 0. The van der Waals surface area contributed by atoms with Gasteiger partial charge in [-0.15, -0.1) is 0 Å². The first-order valence-corrected chi connectivity index (χ1v) is 4.53. The van der Waals surface area contributed by atoms with Crippen molar-refractivity contribution in [2.75, 3.05) is 40.8 Å². The Kier molecular flexibility index (Phi) is 6.34. The third-order valence-corrected chi connectivity index (χ3v) is 1.72. The summed E-state index contributed by atoms with van der Waals surface area (Å²) >= 11 is 0. The van der Waals surface area contributed by atoms with Gasteiger partial charge in [-0.3, -0.25) is 0 Å². The Bertz CT molecular complexity index is 105. The van der Waals surface area contributed by atoms with Gasteiger partial charge in [0.1, 0.15) is 0 Å². The zero-order chi connectivity index (χ0) is 9.56. The Labute approximate surface area is 76.0 Å². The lowest BCUT2D eigenvalue weighted by Crippen LogP contribution is -2.29. The molecule has 0 unspecified atom stereocenters. The smallest absolute Gasteiger partial charge is 0.0638 e. The number of aliphatic hydroxyl groups excluding tert-OH is 1. The lowest BCUT2D eigenvalue weighted by atomic mass is 10.3. The molecular formula is C9H22N2O. The fraction of sp³-hybridized carbons (Fsp3) is 1.00. The van der Waals surface area contributed by atoms with E-state index in [4.69, 9.17) is 5.11 Å². The summed E-state index contributed by atoms with van der Waals surface area (Å²) in [6.45, 7) is 4.77. The molecule has 0 aromatic rings. The molecule has 0 saturated heterocycles. The first-order valence-electron chi connectivity index (χ1n) is 4.53. The van der Waals surface area contributed by atoms with Gasteiger partial charge >= 0.3 is 0 Å². The van der Waals surface area contributed by atoms with Crippen molar-refractivity contribution in [1.82, 2.24) is 9.80 Å². The van der Waals surface area contributed by atoms with Crippen molar-refractivity contribution >= 4 is 0 Å². The molecule has 0 spiro atoms. The second kappa shape index (κ2) is 6.40. The van der Waals surface area contributed by atoms with Crippen LogP contribution in [-0.4, -0.2) is 61.8 Å².